The number of aryl methyl sites for hydroxylation is 1. The first-order valence-electron chi connectivity index (χ1n) is 13.4. The van der Waals surface area contributed by atoms with E-state index in [1.807, 2.05) is 73.7 Å². The molecule has 8 heteroatoms. The Labute approximate surface area is 246 Å². The lowest BCUT2D eigenvalue weighted by Crippen LogP contribution is -2.39. The number of ether oxygens (including phenoxy) is 1. The smallest absolute Gasteiger partial charge is 0.338 e. The molecule has 206 valence electrons. The molecule has 0 saturated heterocycles. The summed E-state index contributed by atoms with van der Waals surface area (Å²) in [6.07, 6.45) is 3.99. The number of fused-ring (bicyclic) bond motifs is 2. The highest BCUT2D eigenvalue weighted by molar-refractivity contribution is 7.07. The molecular weight excluding hydrogens is 554 g/mol. The van der Waals surface area contributed by atoms with Crippen LogP contribution >= 0.6 is 22.9 Å². The molecule has 0 bridgehead atoms. The summed E-state index contributed by atoms with van der Waals surface area (Å²) in [5.41, 5.74) is 5.75. The number of halogens is 1. The second kappa shape index (κ2) is 11.0. The monoisotopic (exact) mass is 581 g/mol. The number of hydrogen-bond acceptors (Lipinski definition) is 5. The topological polar surface area (TPSA) is 65.6 Å². The largest absolute Gasteiger partial charge is 0.463 e. The maximum absolute atomic E-state index is 14.1. The van der Waals surface area contributed by atoms with Gasteiger partial charge >= 0.3 is 5.97 Å². The van der Waals surface area contributed by atoms with Gasteiger partial charge in [0.2, 0.25) is 0 Å². The van der Waals surface area contributed by atoms with Crippen molar-refractivity contribution in [3.8, 4) is 0 Å². The van der Waals surface area contributed by atoms with E-state index in [0.717, 1.165) is 33.2 Å². The zero-order chi connectivity index (χ0) is 28.7. The molecule has 3 aromatic carbocycles. The lowest BCUT2D eigenvalue weighted by molar-refractivity contribution is -0.139. The summed E-state index contributed by atoms with van der Waals surface area (Å²) in [5.74, 6) is -0.460. The van der Waals surface area contributed by atoms with Gasteiger partial charge in [-0.3, -0.25) is 9.36 Å². The lowest BCUT2D eigenvalue weighted by atomic mass is 9.95. The maximum atomic E-state index is 14.1. The Morgan fingerprint density at radius 1 is 1.07 bits per heavy atom. The van der Waals surface area contributed by atoms with E-state index in [9.17, 15) is 9.59 Å². The molecule has 3 heterocycles. The SMILES string of the molecule is CCOC(=O)C1=C(C)N=c2s/c(=C\c3cn(Cc4cccc(Cl)c4)c4ccccc34)c(=O)n2[C@H]1c1ccc(C)cc1. The van der Waals surface area contributed by atoms with Crippen LogP contribution in [0.1, 0.15) is 42.1 Å². The van der Waals surface area contributed by atoms with Gasteiger partial charge in [0.25, 0.3) is 5.56 Å². The first-order valence-corrected chi connectivity index (χ1v) is 14.6. The first kappa shape index (κ1) is 27.0. The molecule has 2 aromatic heterocycles. The summed E-state index contributed by atoms with van der Waals surface area (Å²) < 4.78 is 9.75. The van der Waals surface area contributed by atoms with Crippen molar-refractivity contribution >= 4 is 45.9 Å². The minimum Gasteiger partial charge on any atom is -0.463 e. The van der Waals surface area contributed by atoms with Gasteiger partial charge in [0.1, 0.15) is 0 Å². The number of aromatic nitrogens is 2. The third-order valence-corrected chi connectivity index (χ3v) is 8.48. The van der Waals surface area contributed by atoms with Crippen molar-refractivity contribution in [1.82, 2.24) is 9.13 Å². The number of thiazole rings is 1. The Kier molecular flexibility index (Phi) is 7.24. The second-order valence-electron chi connectivity index (χ2n) is 10.1. The minimum atomic E-state index is -0.628. The molecule has 0 aliphatic carbocycles. The molecule has 0 amide bonds. The highest BCUT2D eigenvalue weighted by Crippen LogP contribution is 2.31. The van der Waals surface area contributed by atoms with Crippen LogP contribution in [0.5, 0.6) is 0 Å². The van der Waals surface area contributed by atoms with E-state index < -0.39 is 12.0 Å². The molecule has 0 unspecified atom stereocenters. The van der Waals surface area contributed by atoms with Crippen molar-refractivity contribution in [2.24, 2.45) is 4.99 Å². The fraction of sp³-hybridized carbons (Fsp3) is 0.182. The van der Waals surface area contributed by atoms with Crippen molar-refractivity contribution in [2.45, 2.75) is 33.4 Å². The summed E-state index contributed by atoms with van der Waals surface area (Å²) >= 11 is 7.57. The van der Waals surface area contributed by atoms with Gasteiger partial charge in [0, 0.05) is 34.2 Å². The van der Waals surface area contributed by atoms with E-state index >= 15 is 0 Å². The van der Waals surface area contributed by atoms with E-state index in [1.54, 1.807) is 18.4 Å². The van der Waals surface area contributed by atoms with Crippen molar-refractivity contribution in [1.29, 1.82) is 0 Å². The Balaban J connectivity index is 1.51. The van der Waals surface area contributed by atoms with E-state index in [1.165, 1.54) is 11.3 Å². The standard InChI is InChI=1S/C33H28ClN3O3S/c1-4-40-32(39)29-21(3)35-33-37(30(29)23-14-12-20(2)13-15-23)31(38)28(41-33)17-24-19-36(27-11-6-5-10-26(24)27)18-22-8-7-9-25(34)16-22/h5-17,19,30H,4,18H2,1-3H3/b28-17-/t30-/m0/s1. The summed E-state index contributed by atoms with van der Waals surface area (Å²) in [6.45, 7) is 6.46. The van der Waals surface area contributed by atoms with Crippen molar-refractivity contribution in [3.05, 3.63) is 137 Å². The fourth-order valence-corrected chi connectivity index (χ4v) is 6.60. The first-order chi connectivity index (χ1) is 19.8. The molecule has 0 N–H and O–H groups in total. The summed E-state index contributed by atoms with van der Waals surface area (Å²) in [6, 6.07) is 23.2. The zero-order valence-electron chi connectivity index (χ0n) is 22.9. The third-order valence-electron chi connectivity index (χ3n) is 7.26. The summed E-state index contributed by atoms with van der Waals surface area (Å²) in [5, 5.41) is 1.74. The van der Waals surface area contributed by atoms with E-state index in [-0.39, 0.29) is 12.2 Å². The molecule has 1 aliphatic rings. The van der Waals surface area contributed by atoms with Crippen LogP contribution in [-0.4, -0.2) is 21.7 Å². The van der Waals surface area contributed by atoms with Crippen LogP contribution in [-0.2, 0) is 16.1 Å². The number of nitrogens with zero attached hydrogens (tertiary/aromatic N) is 3. The van der Waals surface area contributed by atoms with Gasteiger partial charge in [-0.1, -0.05) is 83.1 Å². The minimum absolute atomic E-state index is 0.194. The second-order valence-corrected chi connectivity index (χ2v) is 11.5. The molecule has 0 spiro atoms. The average molecular weight is 582 g/mol. The number of esters is 1. The van der Waals surface area contributed by atoms with Crippen LogP contribution < -0.4 is 14.9 Å². The number of allylic oxidation sites excluding steroid dienone is 1. The number of rotatable bonds is 6. The number of para-hydroxylation sites is 1. The lowest BCUT2D eigenvalue weighted by Gasteiger charge is -2.24. The van der Waals surface area contributed by atoms with Gasteiger partial charge in [-0.05, 0) is 56.2 Å². The van der Waals surface area contributed by atoms with Crippen LogP contribution in [0.3, 0.4) is 0 Å². The summed E-state index contributed by atoms with van der Waals surface area (Å²) in [7, 11) is 0. The quantitative estimate of drug-likeness (QED) is 0.239. The van der Waals surface area contributed by atoms with Crippen molar-refractivity contribution < 1.29 is 9.53 Å². The van der Waals surface area contributed by atoms with E-state index in [2.05, 4.69) is 22.9 Å². The van der Waals surface area contributed by atoms with Gasteiger partial charge in [-0.25, -0.2) is 9.79 Å². The van der Waals surface area contributed by atoms with Crippen LogP contribution in [0.25, 0.3) is 17.0 Å². The Morgan fingerprint density at radius 3 is 2.61 bits per heavy atom. The molecule has 6 nitrogen and oxygen atoms in total. The Hall–Kier alpha value is -4.20. The Morgan fingerprint density at radius 2 is 1.85 bits per heavy atom. The fourth-order valence-electron chi connectivity index (χ4n) is 5.35. The van der Waals surface area contributed by atoms with Crippen LogP contribution in [0.2, 0.25) is 5.02 Å². The average Bonchev–Trinajstić information content (AvgIpc) is 3.45. The number of benzene rings is 3. The molecule has 0 radical (unpaired) electrons. The van der Waals surface area contributed by atoms with Crippen LogP contribution in [0, 0.1) is 6.92 Å². The molecule has 1 atom stereocenters. The molecule has 1 aliphatic heterocycles. The number of carbonyl (C=O) groups is 1. The predicted octanol–water partition coefficient (Wildman–Crippen LogP) is 5.76. The maximum Gasteiger partial charge on any atom is 0.338 e. The van der Waals surface area contributed by atoms with Gasteiger partial charge in [-0.15, -0.1) is 0 Å². The third kappa shape index (κ3) is 5.07. The highest BCUT2D eigenvalue weighted by atomic mass is 35.5. The predicted molar refractivity (Wildman–Crippen MR) is 164 cm³/mol. The van der Waals surface area contributed by atoms with E-state index in [0.29, 0.717) is 32.2 Å². The number of hydrogen-bond donors (Lipinski definition) is 0. The molecule has 0 fully saturated rings. The van der Waals surface area contributed by atoms with Gasteiger partial charge in [0.15, 0.2) is 4.80 Å². The molecule has 5 aromatic rings. The molecule has 6 rings (SSSR count). The molecule has 41 heavy (non-hydrogen) atoms. The highest BCUT2D eigenvalue weighted by Gasteiger charge is 2.33. The molecule has 0 saturated carbocycles. The van der Waals surface area contributed by atoms with Crippen LogP contribution in [0.4, 0.5) is 0 Å². The van der Waals surface area contributed by atoms with Gasteiger partial charge in [0.05, 0.1) is 28.5 Å². The van der Waals surface area contributed by atoms with Crippen LogP contribution in [0.15, 0.2) is 100 Å². The summed E-state index contributed by atoms with van der Waals surface area (Å²) in [4.78, 5) is 32.4. The van der Waals surface area contributed by atoms with E-state index in [4.69, 9.17) is 21.3 Å². The molecular formula is C33H28ClN3O3S. The van der Waals surface area contributed by atoms with Gasteiger partial charge < -0.3 is 9.30 Å². The van der Waals surface area contributed by atoms with Crippen molar-refractivity contribution in [2.75, 3.05) is 6.61 Å². The normalized spacial score (nSPS) is 15.2. The zero-order valence-corrected chi connectivity index (χ0v) is 24.5. The number of carbonyl (C=O) groups excluding carboxylic acids is 1. The van der Waals surface area contributed by atoms with Crippen molar-refractivity contribution in [3.63, 3.8) is 0 Å². The van der Waals surface area contributed by atoms with Gasteiger partial charge in [-0.2, -0.15) is 0 Å². The Bertz CT molecular complexity index is 2020.